The minimum absolute atomic E-state index is 0.0111. The third kappa shape index (κ3) is 1.21. The Hall–Kier alpha value is -2.21. The standard InChI is InChI=1S/C14H11NO2/c1-2-8-4-3-5-9-10(8)6-11-12(7-16)14(17)15-13(9)11/h1,3-5,7,11,13,16H,6H2,(H,15,17)/b12-7-. The number of aliphatic hydroxyl groups is 1. The van der Waals surface area contributed by atoms with Crippen LogP contribution in [-0.2, 0) is 11.2 Å². The van der Waals surface area contributed by atoms with Crippen molar-refractivity contribution < 1.29 is 9.90 Å². The summed E-state index contributed by atoms with van der Waals surface area (Å²) in [7, 11) is 0. The van der Waals surface area contributed by atoms with Gasteiger partial charge in [-0.1, -0.05) is 18.1 Å². The van der Waals surface area contributed by atoms with Crippen molar-refractivity contribution in [2.75, 3.05) is 0 Å². The number of carbonyl (C=O) groups is 1. The summed E-state index contributed by atoms with van der Waals surface area (Å²) in [4.78, 5) is 11.6. The lowest BCUT2D eigenvalue weighted by Gasteiger charge is -2.09. The minimum atomic E-state index is -0.181. The number of hydrogen-bond donors (Lipinski definition) is 2. The van der Waals surface area contributed by atoms with Gasteiger partial charge in [0, 0.05) is 11.5 Å². The molecule has 1 aromatic rings. The Morgan fingerprint density at radius 3 is 3.06 bits per heavy atom. The van der Waals surface area contributed by atoms with Crippen molar-refractivity contribution in [2.24, 2.45) is 5.92 Å². The van der Waals surface area contributed by atoms with Gasteiger partial charge in [0.25, 0.3) is 5.91 Å². The molecule has 1 aliphatic heterocycles. The van der Waals surface area contributed by atoms with Gasteiger partial charge < -0.3 is 10.4 Å². The van der Waals surface area contributed by atoms with Crippen LogP contribution < -0.4 is 5.32 Å². The second-order valence-corrected chi connectivity index (χ2v) is 4.36. The van der Waals surface area contributed by atoms with Crippen molar-refractivity contribution in [2.45, 2.75) is 12.5 Å². The highest BCUT2D eigenvalue weighted by molar-refractivity contribution is 5.97. The second-order valence-electron chi connectivity index (χ2n) is 4.36. The van der Waals surface area contributed by atoms with Gasteiger partial charge in [-0.2, -0.15) is 0 Å². The normalized spacial score (nSPS) is 27.5. The molecule has 84 valence electrons. The van der Waals surface area contributed by atoms with Crippen LogP contribution in [0.5, 0.6) is 0 Å². The Morgan fingerprint density at radius 1 is 1.53 bits per heavy atom. The molecule has 1 amide bonds. The predicted molar refractivity (Wildman–Crippen MR) is 63.2 cm³/mol. The fourth-order valence-electron chi connectivity index (χ4n) is 2.83. The Kier molecular flexibility index (Phi) is 1.99. The Bertz CT molecular complexity index is 580. The molecule has 0 bridgehead atoms. The van der Waals surface area contributed by atoms with Crippen LogP contribution in [0.3, 0.4) is 0 Å². The molecule has 1 aromatic carbocycles. The van der Waals surface area contributed by atoms with E-state index in [1.54, 1.807) is 0 Å². The molecule has 3 heteroatoms. The number of benzene rings is 1. The minimum Gasteiger partial charge on any atom is -0.515 e. The first-order chi connectivity index (χ1) is 8.26. The van der Waals surface area contributed by atoms with E-state index in [1.807, 2.05) is 18.2 Å². The summed E-state index contributed by atoms with van der Waals surface area (Å²) >= 11 is 0. The molecule has 1 saturated heterocycles. The number of aliphatic hydroxyl groups excluding tert-OH is 1. The van der Waals surface area contributed by atoms with E-state index in [1.165, 1.54) is 0 Å². The number of carbonyl (C=O) groups excluding carboxylic acids is 1. The molecule has 0 radical (unpaired) electrons. The van der Waals surface area contributed by atoms with E-state index in [2.05, 4.69) is 11.2 Å². The molecule has 1 heterocycles. The lowest BCUT2D eigenvalue weighted by atomic mass is 9.97. The van der Waals surface area contributed by atoms with E-state index in [4.69, 9.17) is 11.5 Å². The highest BCUT2D eigenvalue weighted by Crippen LogP contribution is 2.44. The molecule has 1 fully saturated rings. The van der Waals surface area contributed by atoms with Gasteiger partial charge in [-0.3, -0.25) is 4.79 Å². The SMILES string of the molecule is C#Cc1cccc2c1CC1/C(=C/O)C(=O)NC21. The summed E-state index contributed by atoms with van der Waals surface area (Å²) in [5, 5.41) is 12.0. The largest absolute Gasteiger partial charge is 0.515 e. The number of amides is 1. The van der Waals surface area contributed by atoms with Crippen molar-refractivity contribution in [1.29, 1.82) is 0 Å². The van der Waals surface area contributed by atoms with Crippen LogP contribution >= 0.6 is 0 Å². The summed E-state index contributed by atoms with van der Waals surface area (Å²) < 4.78 is 0. The van der Waals surface area contributed by atoms with Crippen LogP contribution in [0.4, 0.5) is 0 Å². The third-order valence-corrected chi connectivity index (χ3v) is 3.62. The number of fused-ring (bicyclic) bond motifs is 3. The molecule has 3 nitrogen and oxygen atoms in total. The Balaban J connectivity index is 2.13. The fourth-order valence-corrected chi connectivity index (χ4v) is 2.83. The number of nitrogens with one attached hydrogen (secondary N) is 1. The first kappa shape index (κ1) is 9.98. The molecule has 2 unspecified atom stereocenters. The fraction of sp³-hybridized carbons (Fsp3) is 0.214. The maximum absolute atomic E-state index is 11.6. The van der Waals surface area contributed by atoms with Gasteiger partial charge in [0.15, 0.2) is 0 Å². The summed E-state index contributed by atoms with van der Waals surface area (Å²) in [5.41, 5.74) is 3.53. The molecule has 0 spiro atoms. The van der Waals surface area contributed by atoms with E-state index in [0.717, 1.165) is 23.0 Å². The van der Waals surface area contributed by atoms with E-state index in [-0.39, 0.29) is 17.9 Å². The first-order valence-corrected chi connectivity index (χ1v) is 5.49. The van der Waals surface area contributed by atoms with Crippen LogP contribution in [0.1, 0.15) is 22.7 Å². The molecule has 3 rings (SSSR count). The van der Waals surface area contributed by atoms with Crippen molar-refractivity contribution in [3.8, 4) is 12.3 Å². The molecule has 2 aliphatic rings. The van der Waals surface area contributed by atoms with Crippen molar-refractivity contribution >= 4 is 5.91 Å². The molecule has 17 heavy (non-hydrogen) atoms. The Labute approximate surface area is 99.2 Å². The van der Waals surface area contributed by atoms with Gasteiger partial charge in [0.2, 0.25) is 0 Å². The lowest BCUT2D eigenvalue weighted by molar-refractivity contribution is -0.116. The predicted octanol–water partition coefficient (Wildman–Crippen LogP) is 1.45. The zero-order valence-electron chi connectivity index (χ0n) is 9.10. The quantitative estimate of drug-likeness (QED) is 0.399. The summed E-state index contributed by atoms with van der Waals surface area (Å²) in [6.07, 6.45) is 7.10. The van der Waals surface area contributed by atoms with Crippen LogP contribution in [0, 0.1) is 18.3 Å². The van der Waals surface area contributed by atoms with E-state index >= 15 is 0 Å². The highest BCUT2D eigenvalue weighted by atomic mass is 16.2. The molecule has 2 atom stereocenters. The molecule has 0 saturated carbocycles. The van der Waals surface area contributed by atoms with Gasteiger partial charge in [0.05, 0.1) is 17.9 Å². The lowest BCUT2D eigenvalue weighted by Crippen LogP contribution is -2.19. The molecular formula is C14H11NO2. The van der Waals surface area contributed by atoms with Gasteiger partial charge in [-0.05, 0) is 23.6 Å². The molecular weight excluding hydrogens is 214 g/mol. The van der Waals surface area contributed by atoms with Gasteiger partial charge in [-0.25, -0.2) is 0 Å². The van der Waals surface area contributed by atoms with Crippen molar-refractivity contribution in [3.05, 3.63) is 46.7 Å². The van der Waals surface area contributed by atoms with Gasteiger partial charge >= 0.3 is 0 Å². The van der Waals surface area contributed by atoms with Crippen LogP contribution in [0.2, 0.25) is 0 Å². The highest BCUT2D eigenvalue weighted by Gasteiger charge is 2.44. The van der Waals surface area contributed by atoms with E-state index in [0.29, 0.717) is 12.0 Å². The van der Waals surface area contributed by atoms with E-state index < -0.39 is 0 Å². The summed E-state index contributed by atoms with van der Waals surface area (Å²) in [6, 6.07) is 5.76. The number of hydrogen-bond acceptors (Lipinski definition) is 2. The zero-order valence-corrected chi connectivity index (χ0v) is 9.10. The molecule has 0 aromatic heterocycles. The van der Waals surface area contributed by atoms with Gasteiger partial charge in [-0.15, -0.1) is 6.42 Å². The summed E-state index contributed by atoms with van der Waals surface area (Å²) in [5.74, 6) is 2.50. The Morgan fingerprint density at radius 2 is 2.35 bits per heavy atom. The average molecular weight is 225 g/mol. The zero-order chi connectivity index (χ0) is 12.0. The molecule has 2 N–H and O–H groups in total. The molecule has 1 aliphatic carbocycles. The van der Waals surface area contributed by atoms with Crippen molar-refractivity contribution in [3.63, 3.8) is 0 Å². The number of terminal acetylenes is 1. The smallest absolute Gasteiger partial charge is 0.251 e. The third-order valence-electron chi connectivity index (χ3n) is 3.62. The first-order valence-electron chi connectivity index (χ1n) is 5.49. The topological polar surface area (TPSA) is 49.3 Å². The van der Waals surface area contributed by atoms with Crippen LogP contribution in [0.25, 0.3) is 0 Å². The summed E-state index contributed by atoms with van der Waals surface area (Å²) in [6.45, 7) is 0. The monoisotopic (exact) mass is 225 g/mol. The van der Waals surface area contributed by atoms with E-state index in [9.17, 15) is 4.79 Å². The van der Waals surface area contributed by atoms with Crippen LogP contribution in [-0.4, -0.2) is 11.0 Å². The number of rotatable bonds is 0. The van der Waals surface area contributed by atoms with Crippen LogP contribution in [0.15, 0.2) is 30.0 Å². The maximum atomic E-state index is 11.6. The average Bonchev–Trinajstić information content (AvgIpc) is 2.83. The second kappa shape index (κ2) is 3.39. The van der Waals surface area contributed by atoms with Gasteiger partial charge in [0.1, 0.15) is 0 Å². The maximum Gasteiger partial charge on any atom is 0.251 e. The van der Waals surface area contributed by atoms with Crippen molar-refractivity contribution in [1.82, 2.24) is 5.32 Å².